The molecule has 1 saturated heterocycles. The van der Waals surface area contributed by atoms with E-state index in [1.165, 1.54) is 64.2 Å². The number of hydrogen-bond acceptors (Lipinski definition) is 4. The van der Waals surface area contributed by atoms with Crippen molar-refractivity contribution in [3.05, 3.63) is 12.2 Å². The Morgan fingerprint density at radius 2 is 1.53 bits per heavy atom. The van der Waals surface area contributed by atoms with Crippen molar-refractivity contribution in [1.82, 2.24) is 0 Å². The molecule has 34 heavy (non-hydrogen) atoms. The van der Waals surface area contributed by atoms with Gasteiger partial charge < -0.3 is 19.0 Å². The summed E-state index contributed by atoms with van der Waals surface area (Å²) in [5.41, 5.74) is 0. The Balaban J connectivity index is 2.40. The van der Waals surface area contributed by atoms with Crippen LogP contribution in [0.4, 0.5) is 0 Å². The van der Waals surface area contributed by atoms with E-state index < -0.39 is 20.2 Å². The molecule has 1 fully saturated rings. The third-order valence-corrected chi connectivity index (χ3v) is 12.1. The SMILES string of the molecule is CCCCCCCCCCCC/C=C/C[C@@H](C[C@H](O)[C@H]1COC(C)(C)O1)O[Si](C)(C)C(C)(C)C. The molecule has 1 N–H and O–H groups in total. The third-order valence-electron chi connectivity index (χ3n) is 7.52. The van der Waals surface area contributed by atoms with Crippen molar-refractivity contribution in [3.8, 4) is 0 Å². The molecule has 1 heterocycles. The van der Waals surface area contributed by atoms with Gasteiger partial charge in [-0.3, -0.25) is 0 Å². The van der Waals surface area contributed by atoms with Crippen LogP contribution in [0, 0.1) is 0 Å². The van der Waals surface area contributed by atoms with E-state index in [1.807, 2.05) is 13.8 Å². The van der Waals surface area contributed by atoms with Crippen LogP contribution in [0.2, 0.25) is 18.1 Å². The van der Waals surface area contributed by atoms with Gasteiger partial charge in [0.25, 0.3) is 0 Å². The highest BCUT2D eigenvalue weighted by atomic mass is 28.4. The van der Waals surface area contributed by atoms with Crippen LogP contribution in [0.5, 0.6) is 0 Å². The molecule has 1 rings (SSSR count). The van der Waals surface area contributed by atoms with Crippen LogP contribution in [-0.4, -0.2) is 44.1 Å². The van der Waals surface area contributed by atoms with Gasteiger partial charge in [-0.25, -0.2) is 0 Å². The lowest BCUT2D eigenvalue weighted by molar-refractivity contribution is -0.153. The van der Waals surface area contributed by atoms with E-state index in [1.54, 1.807) is 0 Å². The van der Waals surface area contributed by atoms with Crippen molar-refractivity contribution >= 4 is 8.32 Å². The van der Waals surface area contributed by atoms with E-state index >= 15 is 0 Å². The zero-order valence-electron chi connectivity index (χ0n) is 24.0. The Bertz CT molecular complexity index is 553. The van der Waals surface area contributed by atoms with Crippen molar-refractivity contribution < 1.29 is 19.0 Å². The topological polar surface area (TPSA) is 47.9 Å². The summed E-state index contributed by atoms with van der Waals surface area (Å²) in [7, 11) is -1.92. The fourth-order valence-corrected chi connectivity index (χ4v) is 5.61. The van der Waals surface area contributed by atoms with E-state index in [4.69, 9.17) is 13.9 Å². The van der Waals surface area contributed by atoms with E-state index in [9.17, 15) is 5.11 Å². The van der Waals surface area contributed by atoms with Gasteiger partial charge in [0.1, 0.15) is 6.10 Å². The van der Waals surface area contributed by atoms with Crippen LogP contribution in [0.25, 0.3) is 0 Å². The van der Waals surface area contributed by atoms with Crippen LogP contribution in [0.3, 0.4) is 0 Å². The molecule has 0 saturated carbocycles. The monoisotopic (exact) mass is 498 g/mol. The molecule has 0 radical (unpaired) electrons. The lowest BCUT2D eigenvalue weighted by Gasteiger charge is -2.40. The molecule has 1 aliphatic rings. The van der Waals surface area contributed by atoms with Gasteiger partial charge >= 0.3 is 0 Å². The molecule has 1 aliphatic heterocycles. The number of hydrogen-bond donors (Lipinski definition) is 1. The zero-order chi connectivity index (χ0) is 25.7. The molecular weight excluding hydrogens is 440 g/mol. The highest BCUT2D eigenvalue weighted by Crippen LogP contribution is 2.38. The minimum Gasteiger partial charge on any atom is -0.414 e. The van der Waals surface area contributed by atoms with Crippen LogP contribution < -0.4 is 0 Å². The first-order valence-electron chi connectivity index (χ1n) is 14.2. The number of ether oxygens (including phenoxy) is 2. The van der Waals surface area contributed by atoms with Crippen LogP contribution >= 0.6 is 0 Å². The normalized spacial score (nSPS) is 20.8. The number of aliphatic hydroxyl groups excluding tert-OH is 1. The quantitative estimate of drug-likeness (QED) is 0.117. The standard InChI is InChI=1S/C29H58O4Si/c1-9-10-11-12-13-14-15-16-17-18-19-20-21-22-25(33-34(7,8)28(2,3)4)23-26(30)27-24-31-29(5,6)32-27/h20-21,25-27,30H,9-19,22-24H2,1-8H3/b21-20+/t25-,26-,27+/m0/s1. The molecule has 0 bridgehead atoms. The zero-order valence-corrected chi connectivity index (χ0v) is 25.0. The predicted molar refractivity (Wildman–Crippen MR) is 148 cm³/mol. The van der Waals surface area contributed by atoms with Crippen molar-refractivity contribution in [2.45, 2.75) is 167 Å². The molecule has 4 nitrogen and oxygen atoms in total. The maximum atomic E-state index is 10.9. The fraction of sp³-hybridized carbons (Fsp3) is 0.931. The maximum Gasteiger partial charge on any atom is 0.192 e. The van der Waals surface area contributed by atoms with Crippen molar-refractivity contribution in [2.24, 2.45) is 0 Å². The van der Waals surface area contributed by atoms with E-state index in [0.29, 0.717) is 13.0 Å². The van der Waals surface area contributed by atoms with Gasteiger partial charge in [0, 0.05) is 6.42 Å². The predicted octanol–water partition coefficient (Wildman–Crippen LogP) is 8.54. The molecule has 0 spiro atoms. The van der Waals surface area contributed by atoms with Gasteiger partial charge in [0.05, 0.1) is 18.8 Å². The Labute approximate surface area is 213 Å². The summed E-state index contributed by atoms with van der Waals surface area (Å²) in [6.45, 7) is 17.9. The summed E-state index contributed by atoms with van der Waals surface area (Å²) >= 11 is 0. The van der Waals surface area contributed by atoms with Crippen molar-refractivity contribution in [1.29, 1.82) is 0 Å². The second-order valence-corrected chi connectivity index (χ2v) is 17.1. The average molecular weight is 499 g/mol. The number of allylic oxidation sites excluding steroid dienone is 1. The second kappa shape index (κ2) is 15.8. The van der Waals surface area contributed by atoms with Crippen LogP contribution in [0.15, 0.2) is 12.2 Å². The summed E-state index contributed by atoms with van der Waals surface area (Å²) < 4.78 is 18.3. The number of unbranched alkanes of at least 4 members (excludes halogenated alkanes) is 10. The summed E-state index contributed by atoms with van der Waals surface area (Å²) in [5.74, 6) is -0.615. The summed E-state index contributed by atoms with van der Waals surface area (Å²) in [5, 5.41) is 11.0. The Morgan fingerprint density at radius 3 is 2.03 bits per heavy atom. The summed E-state index contributed by atoms with van der Waals surface area (Å²) in [4.78, 5) is 0. The van der Waals surface area contributed by atoms with Crippen molar-refractivity contribution in [3.63, 3.8) is 0 Å². The van der Waals surface area contributed by atoms with Gasteiger partial charge in [-0.1, -0.05) is 97.6 Å². The molecule has 0 aromatic carbocycles. The minimum absolute atomic E-state index is 0.00663. The Kier molecular flexibility index (Phi) is 14.8. The first-order valence-corrected chi connectivity index (χ1v) is 17.1. The molecular formula is C29H58O4Si. The first-order chi connectivity index (χ1) is 15.9. The van der Waals surface area contributed by atoms with Crippen LogP contribution in [-0.2, 0) is 13.9 Å². The largest absolute Gasteiger partial charge is 0.414 e. The number of aliphatic hydroxyl groups is 1. The maximum absolute atomic E-state index is 10.9. The van der Waals surface area contributed by atoms with E-state index in [2.05, 4.69) is 52.9 Å². The molecule has 202 valence electrons. The molecule has 0 amide bonds. The Hall–Kier alpha value is -0.203. The molecule has 0 unspecified atom stereocenters. The first kappa shape index (κ1) is 31.8. The summed E-state index contributed by atoms with van der Waals surface area (Å²) in [6, 6.07) is 0. The van der Waals surface area contributed by atoms with Gasteiger partial charge in [0.2, 0.25) is 0 Å². The average Bonchev–Trinajstić information content (AvgIpc) is 3.10. The van der Waals surface area contributed by atoms with Crippen molar-refractivity contribution in [2.75, 3.05) is 6.61 Å². The van der Waals surface area contributed by atoms with Gasteiger partial charge in [-0.2, -0.15) is 0 Å². The highest BCUT2D eigenvalue weighted by Gasteiger charge is 2.41. The molecule has 0 aromatic heterocycles. The number of rotatable bonds is 18. The smallest absolute Gasteiger partial charge is 0.192 e. The molecule has 0 aromatic rings. The second-order valence-electron chi connectivity index (χ2n) is 12.3. The third kappa shape index (κ3) is 13.2. The molecule has 5 heteroatoms. The fourth-order valence-electron chi connectivity index (χ4n) is 4.23. The lowest BCUT2D eigenvalue weighted by Crippen LogP contribution is -2.45. The molecule has 3 atom stereocenters. The summed E-state index contributed by atoms with van der Waals surface area (Å²) in [6.07, 6.45) is 20.0. The van der Waals surface area contributed by atoms with E-state index in [0.717, 1.165) is 12.8 Å². The van der Waals surface area contributed by atoms with E-state index in [-0.39, 0.29) is 17.2 Å². The van der Waals surface area contributed by atoms with Gasteiger partial charge in [-0.15, -0.1) is 0 Å². The van der Waals surface area contributed by atoms with Crippen LogP contribution in [0.1, 0.15) is 125 Å². The Morgan fingerprint density at radius 1 is 0.971 bits per heavy atom. The highest BCUT2D eigenvalue weighted by molar-refractivity contribution is 6.74. The minimum atomic E-state index is -1.92. The van der Waals surface area contributed by atoms with Gasteiger partial charge in [-0.05, 0) is 51.2 Å². The van der Waals surface area contributed by atoms with Gasteiger partial charge in [0.15, 0.2) is 14.1 Å². The molecule has 0 aliphatic carbocycles. The lowest BCUT2D eigenvalue weighted by atomic mass is 10.0.